The molecule has 31 heavy (non-hydrogen) atoms. The van der Waals surface area contributed by atoms with Gasteiger partial charge in [-0.15, -0.1) is 0 Å². The number of carbonyl (C=O) groups is 2. The first-order valence-electron chi connectivity index (χ1n) is 10.2. The topological polar surface area (TPSA) is 101 Å². The highest BCUT2D eigenvalue weighted by molar-refractivity contribution is 7.91. The first kappa shape index (κ1) is 21.4. The van der Waals surface area contributed by atoms with Crippen LogP contribution >= 0.6 is 0 Å². The largest absolute Gasteiger partial charge is 0.457 e. The van der Waals surface area contributed by atoms with Gasteiger partial charge in [0.25, 0.3) is 0 Å². The van der Waals surface area contributed by atoms with Crippen LogP contribution in [0.3, 0.4) is 0 Å². The summed E-state index contributed by atoms with van der Waals surface area (Å²) < 4.78 is 41.3. The van der Waals surface area contributed by atoms with Gasteiger partial charge in [-0.05, 0) is 50.5 Å². The number of benzene rings is 1. The van der Waals surface area contributed by atoms with Crippen LogP contribution in [-0.4, -0.2) is 49.6 Å². The van der Waals surface area contributed by atoms with Crippen molar-refractivity contribution in [2.75, 3.05) is 24.9 Å². The van der Waals surface area contributed by atoms with E-state index >= 15 is 0 Å². The third-order valence-electron chi connectivity index (χ3n) is 5.78. The van der Waals surface area contributed by atoms with Crippen LogP contribution in [0, 0.1) is 13.8 Å². The van der Waals surface area contributed by atoms with Crippen molar-refractivity contribution in [1.29, 1.82) is 0 Å². The average molecular weight is 448 g/mol. The van der Waals surface area contributed by atoms with Crippen molar-refractivity contribution in [2.24, 2.45) is 0 Å². The molecule has 1 fully saturated rings. The Morgan fingerprint density at radius 1 is 1.16 bits per heavy atom. The zero-order valence-corrected chi connectivity index (χ0v) is 18.4. The summed E-state index contributed by atoms with van der Waals surface area (Å²) in [6.07, 6.45) is 1.15. The van der Waals surface area contributed by atoms with Crippen molar-refractivity contribution >= 4 is 21.6 Å². The molecule has 0 bridgehead atoms. The van der Waals surface area contributed by atoms with Crippen molar-refractivity contribution in [3.8, 4) is 11.5 Å². The SMILES string of the molecule is Cc1cc(C(=O)COC(=O)CCc2ccc3c(c2)OCO3)c(C)n1[C@@H]1CCS(=O)(=O)C1. The van der Waals surface area contributed by atoms with Crippen molar-refractivity contribution in [2.45, 2.75) is 39.2 Å². The highest BCUT2D eigenvalue weighted by Crippen LogP contribution is 2.33. The molecule has 2 aromatic rings. The van der Waals surface area contributed by atoms with Crippen LogP contribution in [0.2, 0.25) is 0 Å². The van der Waals surface area contributed by atoms with Crippen LogP contribution in [0.4, 0.5) is 0 Å². The van der Waals surface area contributed by atoms with Crippen LogP contribution in [0.1, 0.15) is 46.2 Å². The first-order valence-corrected chi connectivity index (χ1v) is 12.0. The molecule has 0 radical (unpaired) electrons. The van der Waals surface area contributed by atoms with Crippen LogP contribution in [0.25, 0.3) is 0 Å². The zero-order chi connectivity index (χ0) is 22.2. The Bertz CT molecular complexity index is 1130. The standard InChI is InChI=1S/C22H25NO7S/c1-14-9-18(15(2)23(14)17-7-8-31(26,27)12-17)19(24)11-28-22(25)6-4-16-3-5-20-21(10-16)30-13-29-20/h3,5,9-10,17H,4,6-8,11-13H2,1-2H3/t17-/m1/s1. The van der Waals surface area contributed by atoms with Crippen LogP contribution in [-0.2, 0) is 25.8 Å². The number of ketones is 1. The first-order chi connectivity index (χ1) is 14.7. The van der Waals surface area contributed by atoms with Gasteiger partial charge in [-0.1, -0.05) is 6.07 Å². The van der Waals surface area contributed by atoms with E-state index in [1.165, 1.54) is 0 Å². The maximum Gasteiger partial charge on any atom is 0.306 e. The maximum atomic E-state index is 12.6. The van der Waals surface area contributed by atoms with E-state index in [1.807, 2.05) is 23.6 Å². The van der Waals surface area contributed by atoms with E-state index in [1.54, 1.807) is 19.1 Å². The molecule has 1 saturated heterocycles. The number of hydrogen-bond acceptors (Lipinski definition) is 7. The fraction of sp³-hybridized carbons (Fsp3) is 0.455. The summed E-state index contributed by atoms with van der Waals surface area (Å²) in [6.45, 7) is 3.51. The number of fused-ring (bicyclic) bond motifs is 1. The van der Waals surface area contributed by atoms with Gasteiger partial charge in [0.1, 0.15) is 0 Å². The smallest absolute Gasteiger partial charge is 0.306 e. The number of hydrogen-bond donors (Lipinski definition) is 0. The number of aromatic nitrogens is 1. The van der Waals surface area contributed by atoms with E-state index in [0.717, 1.165) is 11.3 Å². The summed E-state index contributed by atoms with van der Waals surface area (Å²) >= 11 is 0. The van der Waals surface area contributed by atoms with Gasteiger partial charge in [-0.25, -0.2) is 8.42 Å². The Morgan fingerprint density at radius 3 is 2.68 bits per heavy atom. The maximum absolute atomic E-state index is 12.6. The van der Waals surface area contributed by atoms with Crippen molar-refractivity contribution in [1.82, 2.24) is 4.57 Å². The Hall–Kier alpha value is -2.81. The van der Waals surface area contributed by atoms with Crippen LogP contribution < -0.4 is 9.47 Å². The van der Waals surface area contributed by atoms with Gasteiger partial charge in [0.15, 0.2) is 27.9 Å². The second kappa shape index (κ2) is 8.37. The molecule has 0 spiro atoms. The predicted molar refractivity (Wildman–Crippen MR) is 112 cm³/mol. The van der Waals surface area contributed by atoms with E-state index in [9.17, 15) is 18.0 Å². The summed E-state index contributed by atoms with van der Waals surface area (Å²) in [5, 5.41) is 0. The van der Waals surface area contributed by atoms with Crippen LogP contribution in [0.15, 0.2) is 24.3 Å². The molecule has 0 aliphatic carbocycles. The zero-order valence-electron chi connectivity index (χ0n) is 17.5. The molecule has 0 saturated carbocycles. The summed E-state index contributed by atoms with van der Waals surface area (Å²) in [7, 11) is -3.03. The molecule has 166 valence electrons. The van der Waals surface area contributed by atoms with Gasteiger partial charge in [0, 0.05) is 29.4 Å². The molecule has 1 aromatic carbocycles. The Morgan fingerprint density at radius 2 is 1.94 bits per heavy atom. The number of carbonyl (C=O) groups excluding carboxylic acids is 2. The van der Waals surface area contributed by atoms with E-state index in [2.05, 4.69) is 0 Å². The summed E-state index contributed by atoms with van der Waals surface area (Å²) in [5.41, 5.74) is 2.92. The number of esters is 1. The molecule has 0 N–H and O–H groups in total. The molecule has 1 atom stereocenters. The van der Waals surface area contributed by atoms with Gasteiger partial charge < -0.3 is 18.8 Å². The normalized spacial score (nSPS) is 18.8. The van der Waals surface area contributed by atoms with E-state index in [4.69, 9.17) is 14.2 Å². The third kappa shape index (κ3) is 4.61. The predicted octanol–water partition coefficient (Wildman–Crippen LogP) is 2.55. The van der Waals surface area contributed by atoms with Crippen molar-refractivity contribution in [3.05, 3.63) is 46.8 Å². The summed E-state index contributed by atoms with van der Waals surface area (Å²) in [4.78, 5) is 24.8. The van der Waals surface area contributed by atoms with E-state index in [-0.39, 0.29) is 43.2 Å². The quantitative estimate of drug-likeness (QED) is 0.475. The number of Topliss-reactive ketones (excluding diaryl/α,β-unsaturated/α-hetero) is 1. The van der Waals surface area contributed by atoms with Gasteiger partial charge in [0.2, 0.25) is 12.6 Å². The highest BCUT2D eigenvalue weighted by atomic mass is 32.2. The molecular weight excluding hydrogens is 422 g/mol. The lowest BCUT2D eigenvalue weighted by Crippen LogP contribution is -2.17. The fourth-order valence-corrected chi connectivity index (χ4v) is 5.94. The molecule has 2 aliphatic rings. The van der Waals surface area contributed by atoms with Gasteiger partial charge in [-0.3, -0.25) is 9.59 Å². The molecule has 8 nitrogen and oxygen atoms in total. The minimum atomic E-state index is -3.03. The van der Waals surface area contributed by atoms with Crippen molar-refractivity contribution in [3.63, 3.8) is 0 Å². The van der Waals surface area contributed by atoms with E-state index in [0.29, 0.717) is 35.6 Å². The fourth-order valence-electron chi connectivity index (χ4n) is 4.24. The monoisotopic (exact) mass is 447 g/mol. The Labute approximate surface area is 181 Å². The second-order valence-corrected chi connectivity index (χ2v) is 10.2. The minimum Gasteiger partial charge on any atom is -0.457 e. The number of ether oxygens (including phenoxy) is 3. The molecule has 1 aromatic heterocycles. The number of sulfone groups is 1. The third-order valence-corrected chi connectivity index (χ3v) is 7.53. The Balaban J connectivity index is 1.32. The molecular formula is C22H25NO7S. The van der Waals surface area contributed by atoms with Gasteiger partial charge >= 0.3 is 5.97 Å². The van der Waals surface area contributed by atoms with Crippen molar-refractivity contribution < 1.29 is 32.2 Å². The number of nitrogens with zero attached hydrogens (tertiary/aromatic N) is 1. The molecule has 0 unspecified atom stereocenters. The van der Waals surface area contributed by atoms with Gasteiger partial charge in [-0.2, -0.15) is 0 Å². The lowest BCUT2D eigenvalue weighted by Gasteiger charge is -2.16. The number of rotatable bonds is 7. The lowest BCUT2D eigenvalue weighted by atomic mass is 10.1. The molecule has 4 rings (SSSR count). The van der Waals surface area contributed by atoms with E-state index < -0.39 is 15.8 Å². The molecule has 0 amide bonds. The number of aryl methyl sites for hydroxylation is 2. The molecule has 9 heteroatoms. The molecule has 2 aliphatic heterocycles. The summed E-state index contributed by atoms with van der Waals surface area (Å²) in [6, 6.07) is 7.08. The van der Waals surface area contributed by atoms with Gasteiger partial charge in [0.05, 0.1) is 11.5 Å². The second-order valence-electron chi connectivity index (χ2n) is 7.98. The van der Waals surface area contributed by atoms with Crippen LogP contribution in [0.5, 0.6) is 11.5 Å². The Kier molecular flexibility index (Phi) is 5.79. The molecule has 3 heterocycles. The minimum absolute atomic E-state index is 0.0891. The average Bonchev–Trinajstić information content (AvgIpc) is 3.41. The lowest BCUT2D eigenvalue weighted by molar-refractivity contribution is -0.142. The highest BCUT2D eigenvalue weighted by Gasteiger charge is 2.31. The summed E-state index contributed by atoms with van der Waals surface area (Å²) in [5.74, 6) is 0.847.